The normalized spacial score (nSPS) is 15.9. The molecule has 31 heavy (non-hydrogen) atoms. The van der Waals surface area contributed by atoms with E-state index in [2.05, 4.69) is 5.32 Å². The second kappa shape index (κ2) is 9.22. The highest BCUT2D eigenvalue weighted by Crippen LogP contribution is 2.20. The van der Waals surface area contributed by atoms with E-state index in [-0.39, 0.29) is 36.5 Å². The topological polar surface area (TPSA) is 86.8 Å². The van der Waals surface area contributed by atoms with Gasteiger partial charge in [0, 0.05) is 24.2 Å². The Kier molecular flexibility index (Phi) is 6.23. The molecule has 2 heterocycles. The van der Waals surface area contributed by atoms with Crippen LogP contribution in [0.2, 0.25) is 0 Å². The number of nitrogens with one attached hydrogen (secondary N) is 1. The maximum absolute atomic E-state index is 12.5. The van der Waals surface area contributed by atoms with Crippen LogP contribution in [-0.4, -0.2) is 59.6 Å². The first-order valence-corrected chi connectivity index (χ1v) is 10.6. The molecule has 0 bridgehead atoms. The van der Waals surface area contributed by atoms with Crippen LogP contribution in [0.1, 0.15) is 44.7 Å². The van der Waals surface area contributed by atoms with Gasteiger partial charge in [-0.05, 0) is 49.2 Å². The van der Waals surface area contributed by atoms with Gasteiger partial charge in [-0.1, -0.05) is 36.4 Å². The number of carbonyl (C=O) groups is 4. The van der Waals surface area contributed by atoms with Crippen LogP contribution in [0.15, 0.2) is 48.5 Å². The third-order valence-corrected chi connectivity index (χ3v) is 5.74. The number of hydrogen-bond donors (Lipinski definition) is 1. The average molecular weight is 419 g/mol. The average Bonchev–Trinajstić information content (AvgIpc) is 2.77. The minimum absolute atomic E-state index is 0.161. The van der Waals surface area contributed by atoms with Crippen molar-refractivity contribution in [2.75, 3.05) is 26.2 Å². The van der Waals surface area contributed by atoms with Crippen LogP contribution in [-0.2, 0) is 22.4 Å². The molecule has 0 aromatic heterocycles. The summed E-state index contributed by atoms with van der Waals surface area (Å²) in [6.07, 6.45) is 1.82. The zero-order chi connectivity index (χ0) is 21.8. The van der Waals surface area contributed by atoms with Crippen LogP contribution >= 0.6 is 0 Å². The Morgan fingerprint density at radius 3 is 1.52 bits per heavy atom. The number of benzene rings is 2. The van der Waals surface area contributed by atoms with Gasteiger partial charge in [0.25, 0.3) is 11.8 Å². The van der Waals surface area contributed by atoms with Crippen molar-refractivity contribution in [3.63, 3.8) is 0 Å². The molecule has 0 atom stereocenters. The first-order valence-electron chi connectivity index (χ1n) is 10.6. The molecule has 7 nitrogen and oxygen atoms in total. The third-order valence-electron chi connectivity index (χ3n) is 5.74. The standard InChI is InChI=1S/C24H25N3O4/c28-21-15-17-7-1-3-9-19(17)23(30)26(21)13-5-11-25-12-6-14-27-22(29)16-18-8-2-4-10-20(18)24(27)31/h1-4,7-10,25H,5-6,11-16H2. The van der Waals surface area contributed by atoms with E-state index in [0.717, 1.165) is 11.1 Å². The minimum atomic E-state index is -0.228. The summed E-state index contributed by atoms with van der Waals surface area (Å²) >= 11 is 0. The van der Waals surface area contributed by atoms with Crippen molar-refractivity contribution in [2.24, 2.45) is 0 Å². The number of nitrogens with zero attached hydrogens (tertiary/aromatic N) is 2. The van der Waals surface area contributed by atoms with Gasteiger partial charge in [-0.2, -0.15) is 0 Å². The quantitative estimate of drug-likeness (QED) is 0.521. The van der Waals surface area contributed by atoms with E-state index >= 15 is 0 Å². The number of amides is 4. The molecule has 0 saturated carbocycles. The summed E-state index contributed by atoms with van der Waals surface area (Å²) in [5.41, 5.74) is 2.78. The molecule has 2 aromatic carbocycles. The first kappa shape index (κ1) is 20.9. The number of imide groups is 2. The predicted molar refractivity (Wildman–Crippen MR) is 114 cm³/mol. The van der Waals surface area contributed by atoms with Crippen LogP contribution in [0.5, 0.6) is 0 Å². The van der Waals surface area contributed by atoms with Gasteiger partial charge in [0.15, 0.2) is 0 Å². The molecular formula is C24H25N3O4. The van der Waals surface area contributed by atoms with Crippen molar-refractivity contribution in [1.82, 2.24) is 15.1 Å². The molecule has 160 valence electrons. The van der Waals surface area contributed by atoms with E-state index in [9.17, 15) is 19.2 Å². The molecule has 4 amide bonds. The van der Waals surface area contributed by atoms with E-state index in [1.165, 1.54) is 9.80 Å². The molecular weight excluding hydrogens is 394 g/mol. The van der Waals surface area contributed by atoms with Crippen LogP contribution in [0.3, 0.4) is 0 Å². The van der Waals surface area contributed by atoms with Gasteiger partial charge < -0.3 is 5.32 Å². The number of rotatable bonds is 8. The zero-order valence-corrected chi connectivity index (χ0v) is 17.3. The summed E-state index contributed by atoms with van der Waals surface area (Å²) in [7, 11) is 0. The second-order valence-electron chi connectivity index (χ2n) is 7.83. The van der Waals surface area contributed by atoms with Gasteiger partial charge in [-0.3, -0.25) is 29.0 Å². The number of fused-ring (bicyclic) bond motifs is 2. The van der Waals surface area contributed by atoms with Crippen molar-refractivity contribution in [3.05, 3.63) is 70.8 Å². The number of hydrogen-bond acceptors (Lipinski definition) is 5. The van der Waals surface area contributed by atoms with Crippen molar-refractivity contribution in [2.45, 2.75) is 25.7 Å². The van der Waals surface area contributed by atoms with Gasteiger partial charge in [0.1, 0.15) is 0 Å². The molecule has 0 unspecified atom stereocenters. The lowest BCUT2D eigenvalue weighted by atomic mass is 9.98. The SMILES string of the molecule is O=C1Cc2ccccc2C(=O)N1CCCNCCCN1C(=O)Cc2ccccc2C1=O. The largest absolute Gasteiger partial charge is 0.317 e. The summed E-state index contributed by atoms with van der Waals surface area (Å²) in [6.45, 7) is 2.03. The molecule has 0 saturated heterocycles. The molecule has 0 radical (unpaired) electrons. The Balaban J connectivity index is 1.18. The van der Waals surface area contributed by atoms with Crippen LogP contribution in [0.25, 0.3) is 0 Å². The Morgan fingerprint density at radius 2 is 1.06 bits per heavy atom. The van der Waals surface area contributed by atoms with E-state index in [4.69, 9.17) is 0 Å². The van der Waals surface area contributed by atoms with E-state index in [1.807, 2.05) is 36.4 Å². The predicted octanol–water partition coefficient (Wildman–Crippen LogP) is 1.81. The van der Waals surface area contributed by atoms with Gasteiger partial charge >= 0.3 is 0 Å². The Hall–Kier alpha value is -3.32. The molecule has 4 rings (SSSR count). The lowest BCUT2D eigenvalue weighted by molar-refractivity contribution is -0.129. The monoisotopic (exact) mass is 419 g/mol. The summed E-state index contributed by atoms with van der Waals surface area (Å²) in [6, 6.07) is 14.5. The second-order valence-corrected chi connectivity index (χ2v) is 7.83. The summed E-state index contributed by atoms with van der Waals surface area (Å²) in [5, 5.41) is 3.26. The lowest BCUT2D eigenvalue weighted by Gasteiger charge is -2.27. The zero-order valence-electron chi connectivity index (χ0n) is 17.3. The Morgan fingerprint density at radius 1 is 0.645 bits per heavy atom. The van der Waals surface area contributed by atoms with E-state index in [0.29, 0.717) is 50.1 Å². The van der Waals surface area contributed by atoms with E-state index in [1.54, 1.807) is 12.1 Å². The molecule has 0 aliphatic carbocycles. The smallest absolute Gasteiger partial charge is 0.260 e. The third kappa shape index (κ3) is 4.41. The first-order chi connectivity index (χ1) is 15.1. The summed E-state index contributed by atoms with van der Waals surface area (Å²) in [5.74, 6) is -0.777. The fourth-order valence-electron chi connectivity index (χ4n) is 4.10. The molecule has 2 aromatic rings. The van der Waals surface area contributed by atoms with Gasteiger partial charge in [0.2, 0.25) is 11.8 Å². The summed E-state index contributed by atoms with van der Waals surface area (Å²) < 4.78 is 0. The summed E-state index contributed by atoms with van der Waals surface area (Å²) in [4.78, 5) is 52.3. The van der Waals surface area contributed by atoms with Crippen LogP contribution in [0.4, 0.5) is 0 Å². The highest BCUT2D eigenvalue weighted by molar-refractivity contribution is 6.10. The highest BCUT2D eigenvalue weighted by atomic mass is 16.2. The molecule has 1 N–H and O–H groups in total. The van der Waals surface area contributed by atoms with Crippen molar-refractivity contribution >= 4 is 23.6 Å². The van der Waals surface area contributed by atoms with Crippen molar-refractivity contribution in [1.29, 1.82) is 0 Å². The van der Waals surface area contributed by atoms with Crippen LogP contribution in [0, 0.1) is 0 Å². The molecule has 0 fully saturated rings. The molecule has 7 heteroatoms. The van der Waals surface area contributed by atoms with Gasteiger partial charge in [-0.15, -0.1) is 0 Å². The lowest BCUT2D eigenvalue weighted by Crippen LogP contribution is -2.44. The maximum atomic E-state index is 12.5. The number of carbonyl (C=O) groups excluding carboxylic acids is 4. The van der Waals surface area contributed by atoms with Crippen molar-refractivity contribution < 1.29 is 19.2 Å². The molecule has 2 aliphatic rings. The maximum Gasteiger partial charge on any atom is 0.260 e. The van der Waals surface area contributed by atoms with Crippen LogP contribution < -0.4 is 5.32 Å². The van der Waals surface area contributed by atoms with Gasteiger partial charge in [0.05, 0.1) is 12.8 Å². The van der Waals surface area contributed by atoms with Gasteiger partial charge in [-0.25, -0.2) is 0 Å². The molecule has 2 aliphatic heterocycles. The minimum Gasteiger partial charge on any atom is -0.317 e. The van der Waals surface area contributed by atoms with E-state index < -0.39 is 0 Å². The highest BCUT2D eigenvalue weighted by Gasteiger charge is 2.31. The fourth-order valence-corrected chi connectivity index (χ4v) is 4.10. The Bertz CT molecular complexity index is 951. The Labute approximate surface area is 181 Å². The molecule has 0 spiro atoms. The fraction of sp³-hybridized carbons (Fsp3) is 0.333. The van der Waals surface area contributed by atoms with Crippen molar-refractivity contribution in [3.8, 4) is 0 Å².